The van der Waals surface area contributed by atoms with Gasteiger partial charge in [0, 0.05) is 16.7 Å². The van der Waals surface area contributed by atoms with Gasteiger partial charge in [-0.15, -0.1) is 0 Å². The summed E-state index contributed by atoms with van der Waals surface area (Å²) in [5, 5.41) is 27.8. The van der Waals surface area contributed by atoms with Gasteiger partial charge in [-0.2, -0.15) is 0 Å². The summed E-state index contributed by atoms with van der Waals surface area (Å²) in [6, 6.07) is -1.20. The molecule has 116 valence electrons. The lowest BCUT2D eigenvalue weighted by Crippen LogP contribution is -2.64. The molecule has 0 radical (unpaired) electrons. The Hall–Kier alpha value is -2.43. The molecule has 1 fully saturated rings. The molecule has 0 aromatic heterocycles. The third kappa shape index (κ3) is 4.56. The average molecular weight is 303 g/mol. The van der Waals surface area contributed by atoms with Crippen LogP contribution in [-0.2, 0) is 19.2 Å². The van der Waals surface area contributed by atoms with E-state index in [4.69, 9.17) is 20.6 Å². The Morgan fingerprint density at radius 2 is 2.05 bits per heavy atom. The molecule has 0 aromatic carbocycles. The highest BCUT2D eigenvalue weighted by Crippen LogP contribution is 2.23. The molecule has 5 atom stereocenters. The number of rotatable bonds is 6. The molecule has 0 bridgehead atoms. The van der Waals surface area contributed by atoms with Crippen LogP contribution >= 0.6 is 0 Å². The van der Waals surface area contributed by atoms with Crippen molar-refractivity contribution in [1.29, 1.82) is 0 Å². The predicted molar refractivity (Wildman–Crippen MR) is 63.6 cm³/mol. The van der Waals surface area contributed by atoms with Crippen LogP contribution in [0.2, 0.25) is 0 Å². The van der Waals surface area contributed by atoms with Gasteiger partial charge < -0.3 is 29.9 Å². The van der Waals surface area contributed by atoms with E-state index in [1.54, 1.807) is 0 Å². The molecule has 0 saturated carbocycles. The normalized spacial score (nSPS) is 31.3. The first-order valence-corrected chi connectivity index (χ1v) is 5.66. The minimum absolute atomic E-state index is 0.378. The number of hydrogen-bond donors (Lipinski definition) is 3. The van der Waals surface area contributed by atoms with E-state index in [2.05, 4.69) is 30.5 Å². The molecule has 13 nitrogen and oxygen atoms in total. The van der Waals surface area contributed by atoms with Crippen molar-refractivity contribution in [3.05, 3.63) is 20.9 Å². The Balaban J connectivity index is 2.86. The molecule has 1 heterocycles. The van der Waals surface area contributed by atoms with Gasteiger partial charge in [-0.25, -0.2) is 0 Å². The van der Waals surface area contributed by atoms with Crippen LogP contribution < -0.4 is 5.32 Å². The van der Waals surface area contributed by atoms with E-state index in [1.807, 2.05) is 0 Å². The maximum absolute atomic E-state index is 11.0. The van der Waals surface area contributed by atoms with Crippen LogP contribution in [0.1, 0.15) is 6.92 Å². The van der Waals surface area contributed by atoms with Crippen LogP contribution in [-0.4, -0.2) is 53.4 Å². The van der Waals surface area contributed by atoms with Crippen molar-refractivity contribution in [2.24, 2.45) is 10.6 Å². The number of azide groups is 2. The molecule has 3 N–H and O–H groups in total. The lowest BCUT2D eigenvalue weighted by atomic mass is 9.97. The number of nitrogens with zero attached hydrogens (tertiary/aromatic N) is 6. The number of amides is 1. The first-order valence-electron chi connectivity index (χ1n) is 5.66. The number of carbonyl (C=O) groups excluding carboxylic acids is 1. The second kappa shape index (κ2) is 7.99. The predicted octanol–water partition coefficient (Wildman–Crippen LogP) is -0.578. The fourth-order valence-electron chi connectivity index (χ4n) is 1.80. The highest BCUT2D eigenvalue weighted by molar-refractivity contribution is 5.73. The summed E-state index contributed by atoms with van der Waals surface area (Å²) in [5.74, 6) is -0.520. The highest BCUT2D eigenvalue weighted by atomic mass is 16.7. The number of ether oxygens (including phenoxy) is 1. The molecular formula is C8H13N7O6. The molecule has 1 aliphatic heterocycles. The van der Waals surface area contributed by atoms with Crippen LogP contribution in [0, 0.1) is 0 Å². The van der Waals surface area contributed by atoms with E-state index in [0.717, 1.165) is 0 Å². The van der Waals surface area contributed by atoms with Gasteiger partial charge in [-0.3, -0.25) is 4.79 Å². The van der Waals surface area contributed by atoms with Crippen LogP contribution in [0.3, 0.4) is 0 Å². The molecule has 0 aliphatic carbocycles. The first-order chi connectivity index (χ1) is 10.0. The van der Waals surface area contributed by atoms with Gasteiger partial charge in [0.1, 0.15) is 35.4 Å². The van der Waals surface area contributed by atoms with Gasteiger partial charge in [0.05, 0.1) is 0 Å². The van der Waals surface area contributed by atoms with E-state index in [1.165, 1.54) is 6.92 Å². The Kier molecular flexibility index (Phi) is 6.33. The summed E-state index contributed by atoms with van der Waals surface area (Å²) in [4.78, 5) is 24.9. The van der Waals surface area contributed by atoms with E-state index in [-0.39, 0.29) is 6.61 Å². The fourth-order valence-corrected chi connectivity index (χ4v) is 1.80. The van der Waals surface area contributed by atoms with E-state index in [0.29, 0.717) is 0 Å². The second-order valence-electron chi connectivity index (χ2n) is 3.99. The van der Waals surface area contributed by atoms with Crippen molar-refractivity contribution in [3.8, 4) is 0 Å². The second-order valence-corrected chi connectivity index (χ2v) is 3.99. The molecule has 0 aromatic rings. The molecule has 0 spiro atoms. The summed E-state index contributed by atoms with van der Waals surface area (Å²) in [6.45, 7) is 0.802. The summed E-state index contributed by atoms with van der Waals surface area (Å²) < 4.78 is 5.09. The van der Waals surface area contributed by atoms with Crippen LogP contribution in [0.15, 0.2) is 10.6 Å². The summed E-state index contributed by atoms with van der Waals surface area (Å²) in [5.41, 5.74) is 16.3. The monoisotopic (exact) mass is 303 g/mol. The zero-order valence-corrected chi connectivity index (χ0v) is 10.8. The van der Waals surface area contributed by atoms with Crippen molar-refractivity contribution < 1.29 is 29.4 Å². The minimum atomic E-state index is -1.56. The van der Waals surface area contributed by atoms with Crippen LogP contribution in [0.5, 0.6) is 0 Å². The number of nitrogens with one attached hydrogen (secondary N) is 1. The zero-order valence-electron chi connectivity index (χ0n) is 10.8. The molecule has 1 unspecified atom stereocenters. The lowest BCUT2D eigenvalue weighted by Gasteiger charge is -2.41. The van der Waals surface area contributed by atoms with Crippen LogP contribution in [0.4, 0.5) is 0 Å². The van der Waals surface area contributed by atoms with E-state index in [9.17, 15) is 15.0 Å². The van der Waals surface area contributed by atoms with Crippen molar-refractivity contribution >= 4 is 5.91 Å². The van der Waals surface area contributed by atoms with Gasteiger partial charge in [0.15, 0.2) is 12.4 Å². The van der Waals surface area contributed by atoms with Gasteiger partial charge in [-0.05, 0) is 11.1 Å². The van der Waals surface area contributed by atoms with Gasteiger partial charge >= 0.3 is 0 Å². The molecule has 21 heavy (non-hydrogen) atoms. The molecule has 1 rings (SSSR count). The van der Waals surface area contributed by atoms with Gasteiger partial charge in [0.2, 0.25) is 5.91 Å². The third-order valence-electron chi connectivity index (χ3n) is 2.60. The molecule has 1 aliphatic rings. The van der Waals surface area contributed by atoms with E-state index < -0.39 is 36.6 Å². The summed E-state index contributed by atoms with van der Waals surface area (Å²) in [7, 11) is 0. The Labute approximate surface area is 117 Å². The highest BCUT2D eigenvalue weighted by Gasteiger charge is 2.46. The number of aliphatic hydroxyl groups is 2. The number of aliphatic hydroxyl groups excluding tert-OH is 2. The fraction of sp³-hybridized carbons (Fsp3) is 0.875. The first kappa shape index (κ1) is 16.6. The van der Waals surface area contributed by atoms with Crippen molar-refractivity contribution in [2.75, 3.05) is 6.61 Å². The van der Waals surface area contributed by atoms with Gasteiger partial charge in [-0.1, -0.05) is 0 Å². The molecule has 1 saturated heterocycles. The molecular weight excluding hydrogens is 290 g/mol. The standard InChI is InChI=1S/C8H13N7O6/c1-3(16)11-5-6(17)7(21-15-13-10)4(20-8(5)18)2-19-14-12-9/h4-8,17-18H,2H2,1H3,(H,11,16)/t4-,5+,6-,7-,8?/m1/s1. The Bertz CT molecular complexity index is 460. The molecule has 13 heteroatoms. The smallest absolute Gasteiger partial charge is 0.217 e. The van der Waals surface area contributed by atoms with E-state index >= 15 is 0 Å². The summed E-state index contributed by atoms with van der Waals surface area (Å²) in [6.07, 6.45) is -5.37. The quantitative estimate of drug-likeness (QED) is 0.254. The Morgan fingerprint density at radius 3 is 2.62 bits per heavy atom. The SMILES string of the molecule is CC(=O)N[C@@H]1C(O)O[C@H](CON=[N+]=[N-])[C@@H](ON=[N+]=[N-])[C@@H]1O. The number of hydrogen-bond acceptors (Lipinski definition) is 8. The maximum Gasteiger partial charge on any atom is 0.217 e. The van der Waals surface area contributed by atoms with Crippen LogP contribution in [0.25, 0.3) is 20.9 Å². The third-order valence-corrected chi connectivity index (χ3v) is 2.60. The molecule has 1 amide bonds. The maximum atomic E-state index is 11.0. The Morgan fingerprint density at radius 1 is 1.38 bits per heavy atom. The topological polar surface area (TPSA) is 195 Å². The lowest BCUT2D eigenvalue weighted by molar-refractivity contribution is -0.266. The van der Waals surface area contributed by atoms with Crippen molar-refractivity contribution in [2.45, 2.75) is 37.6 Å². The minimum Gasteiger partial charge on any atom is -0.431 e. The van der Waals surface area contributed by atoms with Crippen molar-refractivity contribution in [1.82, 2.24) is 5.32 Å². The van der Waals surface area contributed by atoms with Crippen molar-refractivity contribution in [3.63, 3.8) is 0 Å². The largest absolute Gasteiger partial charge is 0.431 e. The van der Waals surface area contributed by atoms with Gasteiger partial charge in [0.25, 0.3) is 0 Å². The average Bonchev–Trinajstić information content (AvgIpc) is 2.43. The summed E-state index contributed by atoms with van der Waals surface area (Å²) >= 11 is 0. The number of carbonyl (C=O) groups is 1. The zero-order chi connectivity index (χ0) is 15.8.